The van der Waals surface area contributed by atoms with Gasteiger partial charge < -0.3 is 15.8 Å². The lowest BCUT2D eigenvalue weighted by Crippen LogP contribution is -2.61. The van der Waals surface area contributed by atoms with Crippen molar-refractivity contribution in [3.8, 4) is 5.75 Å². The number of ether oxygens (including phenoxy) is 1. The fraction of sp³-hybridized carbons (Fsp3) is 0.355. The monoisotopic (exact) mass is 695 g/mol. The summed E-state index contributed by atoms with van der Waals surface area (Å²) in [7, 11) is 0. The maximum atomic E-state index is 13.7. The van der Waals surface area contributed by atoms with Gasteiger partial charge in [-0.05, 0) is 24.1 Å². The molecule has 4 rings (SSSR count). The van der Waals surface area contributed by atoms with E-state index in [1.807, 2.05) is 17.8 Å². The number of hydrazine groups is 2. The predicted octanol–water partition coefficient (Wildman–Crippen LogP) is -3.26. The Bertz CT molecular complexity index is 1690. The predicted molar refractivity (Wildman–Crippen MR) is 166 cm³/mol. The minimum Gasteiger partial charge on any atom is -0.424 e. The number of amides is 9. The van der Waals surface area contributed by atoms with Crippen LogP contribution in [0.4, 0.5) is 5.69 Å². The quantitative estimate of drug-likeness (QED) is 0.0274. The highest BCUT2D eigenvalue weighted by molar-refractivity contribution is 6.18. The molecule has 19 nitrogen and oxygen atoms in total. The molecule has 50 heavy (non-hydrogen) atoms. The number of esters is 1. The Hall–Kier alpha value is -6.08. The Morgan fingerprint density at radius 2 is 1.48 bits per heavy atom. The molecule has 3 atom stereocenters. The molecule has 0 fully saturated rings. The number of nitrogens with one attached hydrogen (secondary N) is 3. The molecule has 0 saturated heterocycles. The number of nitrogens with zero attached hydrogens (tertiary/aromatic N) is 3. The molecule has 3 aliphatic rings. The Labute approximate surface area is 283 Å². The number of nitrogens with two attached hydrogens (primary N) is 1. The van der Waals surface area contributed by atoms with Crippen LogP contribution in [0.1, 0.15) is 38.2 Å². The third kappa shape index (κ3) is 8.49. The second-order valence-corrected chi connectivity index (χ2v) is 11.5. The van der Waals surface area contributed by atoms with Crippen molar-refractivity contribution in [1.82, 2.24) is 25.7 Å². The van der Waals surface area contributed by atoms with Crippen LogP contribution in [-0.2, 0) is 54.4 Å². The number of quaternary nitrogens is 1. The molecule has 0 spiro atoms. The van der Waals surface area contributed by atoms with Crippen LogP contribution in [0.2, 0.25) is 0 Å². The van der Waals surface area contributed by atoms with Crippen LogP contribution in [0.5, 0.6) is 5.75 Å². The Kier molecular flexibility index (Phi) is 11.7. The minimum absolute atomic E-state index is 0.00994. The summed E-state index contributed by atoms with van der Waals surface area (Å²) in [5, 5.41) is 2.44. The van der Waals surface area contributed by atoms with Crippen LogP contribution in [0.3, 0.4) is 0 Å². The Morgan fingerprint density at radius 3 is 2.06 bits per heavy atom. The zero-order valence-corrected chi connectivity index (χ0v) is 26.8. The lowest BCUT2D eigenvalue weighted by molar-refractivity contribution is -0.420. The third-order valence-corrected chi connectivity index (χ3v) is 7.90. The molecular formula is C31H35N8O11+. The molecule has 3 aliphatic heterocycles. The van der Waals surface area contributed by atoms with Crippen molar-refractivity contribution in [3.63, 3.8) is 0 Å². The van der Waals surface area contributed by atoms with Gasteiger partial charge in [-0.3, -0.25) is 68.6 Å². The molecule has 0 aromatic heterocycles. The molecule has 3 heterocycles. The zero-order chi connectivity index (χ0) is 36.7. The van der Waals surface area contributed by atoms with E-state index in [1.165, 1.54) is 12.1 Å². The van der Waals surface area contributed by atoms with E-state index in [-0.39, 0.29) is 29.0 Å². The van der Waals surface area contributed by atoms with E-state index in [9.17, 15) is 47.9 Å². The van der Waals surface area contributed by atoms with Gasteiger partial charge in [-0.25, -0.2) is 10.9 Å². The largest absolute Gasteiger partial charge is 0.424 e. The van der Waals surface area contributed by atoms with Crippen molar-refractivity contribution in [1.29, 1.82) is 0 Å². The molecule has 0 bridgehead atoms. The Balaban J connectivity index is 1.55. The molecule has 1 aromatic rings. The molecule has 264 valence electrons. The molecule has 1 aromatic carbocycles. The highest BCUT2D eigenvalue weighted by atomic mass is 16.5. The SMILES string of the molecule is CCC[C@@H]([NH3+])Cc1ccc2c(c1)NC(=O)C(C(=O)N(N)C(=O)CCN1C(=O)C=CC1=O)C(C(=O)NNC(=O)CCN1C(=O)C=CC1=O)C(=O)O2. The Morgan fingerprint density at radius 1 is 0.900 bits per heavy atom. The highest BCUT2D eigenvalue weighted by Crippen LogP contribution is 2.32. The van der Waals surface area contributed by atoms with Crippen LogP contribution in [0, 0.1) is 11.8 Å². The summed E-state index contributed by atoms with van der Waals surface area (Å²) in [6.45, 7) is 1.19. The van der Waals surface area contributed by atoms with E-state index < -0.39 is 90.4 Å². The number of imide groups is 3. The molecule has 2 unspecified atom stereocenters. The standard InChI is InChI=1S/C31H34N8O11/c1-2-3-17(32)14-16-4-5-19-18(15-16)34-28(46)26(30(48)39(33)25(45)11-13-38-23(43)8-9-24(38)44)27(31(49)50-19)29(47)36-35-20(40)10-12-37-21(41)6-7-22(37)42/h4-9,15,17,26-27H,2-3,10-14,32-33H2,1H3,(H,34,46)(H,35,40)(H,36,47)/p+1/t17-,26?,27?/m1/s1. The molecule has 0 radical (unpaired) electrons. The first-order valence-electron chi connectivity index (χ1n) is 15.5. The summed E-state index contributed by atoms with van der Waals surface area (Å²) in [6.07, 6.45) is 5.07. The summed E-state index contributed by atoms with van der Waals surface area (Å²) in [6, 6.07) is 4.54. The molecule has 0 saturated carbocycles. The summed E-state index contributed by atoms with van der Waals surface area (Å²) < 4.78 is 5.41. The molecule has 9 amide bonds. The smallest absolute Gasteiger partial charge is 0.325 e. The first kappa shape index (κ1) is 36.8. The van der Waals surface area contributed by atoms with Gasteiger partial charge >= 0.3 is 5.97 Å². The van der Waals surface area contributed by atoms with Crippen molar-refractivity contribution < 1.29 is 58.4 Å². The van der Waals surface area contributed by atoms with Gasteiger partial charge in [-0.1, -0.05) is 19.4 Å². The summed E-state index contributed by atoms with van der Waals surface area (Å²) >= 11 is 0. The maximum Gasteiger partial charge on any atom is 0.325 e. The van der Waals surface area contributed by atoms with Crippen molar-refractivity contribution in [3.05, 3.63) is 48.1 Å². The number of carbonyl (C=O) groups excluding carboxylic acids is 10. The lowest BCUT2D eigenvalue weighted by Gasteiger charge is -2.29. The topological polar surface area (TPSA) is 279 Å². The van der Waals surface area contributed by atoms with Crippen molar-refractivity contribution in [2.75, 3.05) is 18.4 Å². The average molecular weight is 696 g/mol. The second kappa shape index (κ2) is 15.9. The number of anilines is 1. The number of rotatable bonds is 12. The number of hydrogen-bond acceptors (Lipinski definition) is 12. The van der Waals surface area contributed by atoms with Gasteiger partial charge in [-0.2, -0.15) is 0 Å². The average Bonchev–Trinajstić information content (AvgIpc) is 3.57. The number of carbonyl (C=O) groups is 10. The normalized spacial score (nSPS) is 19.0. The number of benzene rings is 1. The van der Waals surface area contributed by atoms with Gasteiger partial charge in [0.1, 0.15) is 5.92 Å². The van der Waals surface area contributed by atoms with Gasteiger partial charge in [0.15, 0.2) is 11.7 Å². The fourth-order valence-corrected chi connectivity index (χ4v) is 5.31. The second-order valence-electron chi connectivity index (χ2n) is 11.5. The van der Waals surface area contributed by atoms with E-state index in [4.69, 9.17) is 10.6 Å². The molecule has 19 heteroatoms. The van der Waals surface area contributed by atoms with Crippen molar-refractivity contribution in [2.24, 2.45) is 17.7 Å². The highest BCUT2D eigenvalue weighted by Gasteiger charge is 2.49. The van der Waals surface area contributed by atoms with E-state index in [1.54, 1.807) is 6.07 Å². The van der Waals surface area contributed by atoms with Gasteiger partial charge in [0.25, 0.3) is 35.4 Å². The first-order valence-corrected chi connectivity index (χ1v) is 15.5. The lowest BCUT2D eigenvalue weighted by atomic mass is 9.88. The van der Waals surface area contributed by atoms with Gasteiger partial charge in [0.05, 0.1) is 11.7 Å². The zero-order valence-electron chi connectivity index (χ0n) is 26.8. The van der Waals surface area contributed by atoms with Gasteiger partial charge in [-0.15, -0.1) is 0 Å². The summed E-state index contributed by atoms with van der Waals surface area (Å²) in [4.78, 5) is 128. The van der Waals surface area contributed by atoms with E-state index >= 15 is 0 Å². The van der Waals surface area contributed by atoms with E-state index in [2.05, 4.69) is 11.1 Å². The minimum atomic E-state index is -2.33. The van der Waals surface area contributed by atoms with Crippen molar-refractivity contribution >= 4 is 64.8 Å². The summed E-state index contributed by atoms with van der Waals surface area (Å²) in [5.41, 5.74) is 8.68. The van der Waals surface area contributed by atoms with Crippen LogP contribution in [0.25, 0.3) is 0 Å². The summed E-state index contributed by atoms with van der Waals surface area (Å²) in [5.74, 6) is -9.40. The van der Waals surface area contributed by atoms with Crippen LogP contribution in [-0.4, -0.2) is 93.1 Å². The third-order valence-electron chi connectivity index (χ3n) is 7.90. The van der Waals surface area contributed by atoms with Gasteiger partial charge in [0, 0.05) is 56.7 Å². The fourth-order valence-electron chi connectivity index (χ4n) is 5.31. The molecule has 0 aliphatic carbocycles. The van der Waals surface area contributed by atoms with Crippen molar-refractivity contribution in [2.45, 2.75) is 45.1 Å². The van der Waals surface area contributed by atoms with E-state index in [0.717, 1.165) is 42.0 Å². The maximum absolute atomic E-state index is 13.7. The molecular weight excluding hydrogens is 660 g/mol. The number of hydrogen-bond donors (Lipinski definition) is 5. The number of fused-ring (bicyclic) bond motifs is 1. The van der Waals surface area contributed by atoms with Crippen LogP contribution < -0.4 is 32.5 Å². The molecule has 8 N–H and O–H groups in total. The van der Waals surface area contributed by atoms with Gasteiger partial charge in [0.2, 0.25) is 17.7 Å². The van der Waals surface area contributed by atoms with E-state index in [0.29, 0.717) is 16.9 Å². The van der Waals surface area contributed by atoms with Crippen LogP contribution >= 0.6 is 0 Å². The van der Waals surface area contributed by atoms with Crippen LogP contribution in [0.15, 0.2) is 42.5 Å². The first-order chi connectivity index (χ1) is 23.7.